The number of carbonyl (C=O) groups excluding carboxylic acids is 2. The maximum atomic E-state index is 12.8. The number of alkyl halides is 3. The van der Waals surface area contributed by atoms with Gasteiger partial charge in [0.1, 0.15) is 11.7 Å². The number of carboxylic acid groups (broad SMARTS) is 1. The van der Waals surface area contributed by atoms with E-state index in [9.17, 15) is 32.7 Å². The fourth-order valence-corrected chi connectivity index (χ4v) is 5.02. The van der Waals surface area contributed by atoms with Crippen molar-refractivity contribution in [3.05, 3.63) is 35.1 Å². The Morgan fingerprint density at radius 1 is 1.26 bits per heavy atom. The van der Waals surface area contributed by atoms with Crippen molar-refractivity contribution in [3.63, 3.8) is 0 Å². The molecule has 2 amide bonds. The van der Waals surface area contributed by atoms with Gasteiger partial charge in [-0.3, -0.25) is 19.5 Å². The third kappa shape index (κ3) is 2.68. The molecule has 2 saturated heterocycles. The number of likely N-dealkylation sites (tertiary alicyclic amines) is 1. The van der Waals surface area contributed by atoms with Crippen LogP contribution in [0.15, 0.2) is 40.0 Å². The molecule has 7 nitrogen and oxygen atoms in total. The third-order valence-corrected chi connectivity index (χ3v) is 6.03. The largest absolute Gasteiger partial charge is 0.477 e. The highest BCUT2D eigenvalue weighted by Crippen LogP contribution is 2.51. The van der Waals surface area contributed by atoms with E-state index in [0.29, 0.717) is 14.7 Å². The molecule has 0 unspecified atom stereocenters. The van der Waals surface area contributed by atoms with E-state index in [-0.39, 0.29) is 18.7 Å². The molecule has 27 heavy (non-hydrogen) atoms. The van der Waals surface area contributed by atoms with Crippen molar-refractivity contribution in [2.24, 2.45) is 5.92 Å². The number of hydrogen-bond donors (Lipinski definition) is 1. The van der Waals surface area contributed by atoms with E-state index >= 15 is 0 Å². The van der Waals surface area contributed by atoms with Crippen molar-refractivity contribution in [2.75, 3.05) is 6.54 Å². The number of β-lactam (4-membered cyclic amide) rings is 1. The number of rotatable bonds is 3. The van der Waals surface area contributed by atoms with Gasteiger partial charge in [0, 0.05) is 34.7 Å². The number of halogens is 3. The lowest BCUT2D eigenvalue weighted by atomic mass is 9.82. The van der Waals surface area contributed by atoms with E-state index < -0.39 is 42.0 Å². The van der Waals surface area contributed by atoms with Crippen LogP contribution in [0.25, 0.3) is 0 Å². The number of hydrogen-bond acceptors (Lipinski definition) is 5. The highest BCUT2D eigenvalue weighted by Gasteiger charge is 2.66. The molecule has 0 bridgehead atoms. The summed E-state index contributed by atoms with van der Waals surface area (Å²) in [6, 6.07) is 1.36. The van der Waals surface area contributed by atoms with Crippen LogP contribution in [0.2, 0.25) is 0 Å². The molecule has 1 aromatic rings. The molecule has 4 heterocycles. The fraction of sp³-hybridized carbons (Fsp3) is 0.375. The minimum Gasteiger partial charge on any atom is -0.477 e. The molecule has 3 atom stereocenters. The van der Waals surface area contributed by atoms with Crippen molar-refractivity contribution < 1.29 is 32.7 Å². The maximum Gasteiger partial charge on any atom is 0.471 e. The van der Waals surface area contributed by atoms with Crippen molar-refractivity contribution >= 4 is 29.5 Å². The topological polar surface area (TPSA) is 90.8 Å². The van der Waals surface area contributed by atoms with Gasteiger partial charge >= 0.3 is 18.1 Å². The van der Waals surface area contributed by atoms with Crippen LogP contribution in [0.1, 0.15) is 6.42 Å². The number of carboxylic acids is 1. The first-order valence-corrected chi connectivity index (χ1v) is 8.77. The first kappa shape index (κ1) is 17.8. The van der Waals surface area contributed by atoms with Gasteiger partial charge in [-0.25, -0.2) is 4.79 Å². The molecular weight excluding hydrogens is 387 g/mol. The molecule has 4 rings (SSSR count). The Bertz CT molecular complexity index is 873. The van der Waals surface area contributed by atoms with Crippen molar-refractivity contribution in [1.29, 1.82) is 0 Å². The Morgan fingerprint density at radius 3 is 2.52 bits per heavy atom. The summed E-state index contributed by atoms with van der Waals surface area (Å²) in [4.78, 5) is 42.4. The van der Waals surface area contributed by atoms with E-state index in [0.717, 1.165) is 16.7 Å². The molecule has 1 aromatic heterocycles. The number of thioether (sulfide) groups is 1. The Balaban J connectivity index is 1.67. The SMILES string of the molecule is O=C(O)C1=C(Sc2ccncc2)C[C@@H]2CN(C(=O)C(F)(F)F)[C@@H]3C(=O)N1[C@H]23. The second-order valence-corrected chi connectivity index (χ2v) is 7.59. The normalized spacial score (nSPS) is 26.8. The predicted octanol–water partition coefficient (Wildman–Crippen LogP) is 1.47. The molecule has 0 radical (unpaired) electrons. The average molecular weight is 399 g/mol. The van der Waals surface area contributed by atoms with E-state index in [1.54, 1.807) is 12.1 Å². The van der Waals surface area contributed by atoms with Gasteiger partial charge in [0.05, 0.1) is 6.04 Å². The quantitative estimate of drug-likeness (QED) is 0.775. The molecule has 0 spiro atoms. The number of amides is 2. The van der Waals surface area contributed by atoms with Crippen LogP contribution in [0.5, 0.6) is 0 Å². The molecule has 0 aliphatic carbocycles. The molecule has 3 aliphatic heterocycles. The summed E-state index contributed by atoms with van der Waals surface area (Å²) in [7, 11) is 0. The van der Waals surface area contributed by atoms with Gasteiger partial charge < -0.3 is 10.0 Å². The summed E-state index contributed by atoms with van der Waals surface area (Å²) in [6.07, 6.45) is -1.84. The Kier molecular flexibility index (Phi) is 3.95. The zero-order valence-corrected chi connectivity index (χ0v) is 14.3. The number of carbonyl (C=O) groups is 3. The lowest BCUT2D eigenvalue weighted by molar-refractivity contribution is -0.190. The molecule has 0 aromatic carbocycles. The van der Waals surface area contributed by atoms with Gasteiger partial charge in [-0.15, -0.1) is 0 Å². The summed E-state index contributed by atoms with van der Waals surface area (Å²) in [6.45, 7) is -0.233. The monoisotopic (exact) mass is 399 g/mol. The average Bonchev–Trinajstić information content (AvgIpc) is 2.96. The molecule has 3 aliphatic rings. The molecule has 142 valence electrons. The molecule has 1 N–H and O–H groups in total. The zero-order chi connectivity index (χ0) is 19.5. The lowest BCUT2D eigenvalue weighted by Crippen LogP contribution is -2.69. The third-order valence-electron chi connectivity index (χ3n) is 4.91. The van der Waals surface area contributed by atoms with Crippen LogP contribution >= 0.6 is 11.8 Å². The van der Waals surface area contributed by atoms with Gasteiger partial charge in [-0.05, 0) is 18.6 Å². The molecule has 0 saturated carbocycles. The first-order chi connectivity index (χ1) is 12.7. The van der Waals surface area contributed by atoms with Gasteiger partial charge in [0.15, 0.2) is 0 Å². The second kappa shape index (κ2) is 5.98. The first-order valence-electron chi connectivity index (χ1n) is 7.95. The summed E-state index contributed by atoms with van der Waals surface area (Å²) >= 11 is 1.13. The molecule has 2 fully saturated rings. The Morgan fingerprint density at radius 2 is 1.93 bits per heavy atom. The predicted molar refractivity (Wildman–Crippen MR) is 85.1 cm³/mol. The Hall–Kier alpha value is -2.56. The van der Waals surface area contributed by atoms with Crippen LogP contribution in [0.4, 0.5) is 13.2 Å². The van der Waals surface area contributed by atoms with E-state index in [2.05, 4.69) is 4.98 Å². The number of aromatic nitrogens is 1. The summed E-state index contributed by atoms with van der Waals surface area (Å²) in [5, 5.41) is 9.59. The van der Waals surface area contributed by atoms with Gasteiger partial charge in [0.2, 0.25) is 0 Å². The standard InChI is InChI=1S/C16H12F3N3O4S/c17-16(18,19)15(26)21-6-7-5-9(27-8-1-3-20-4-2-8)11(14(24)25)22-10(7)12(21)13(22)23/h1-4,7,10,12H,5-6H2,(H,24,25)/t7-,10-,12+/m1/s1. The smallest absolute Gasteiger partial charge is 0.471 e. The number of aliphatic carboxylic acids is 1. The maximum absolute atomic E-state index is 12.8. The van der Waals surface area contributed by atoms with Crippen LogP contribution in [0.3, 0.4) is 0 Å². The summed E-state index contributed by atoms with van der Waals surface area (Å²) in [5.41, 5.74) is -0.222. The van der Waals surface area contributed by atoms with Crippen molar-refractivity contribution in [1.82, 2.24) is 14.8 Å². The highest BCUT2D eigenvalue weighted by molar-refractivity contribution is 8.03. The molecular formula is C16H12F3N3O4S. The second-order valence-electron chi connectivity index (χ2n) is 6.43. The van der Waals surface area contributed by atoms with Crippen LogP contribution in [-0.4, -0.2) is 62.5 Å². The number of pyridine rings is 1. The minimum atomic E-state index is -5.08. The van der Waals surface area contributed by atoms with Gasteiger partial charge in [-0.2, -0.15) is 13.2 Å². The minimum absolute atomic E-state index is 0.182. The van der Waals surface area contributed by atoms with Crippen molar-refractivity contribution in [2.45, 2.75) is 29.6 Å². The van der Waals surface area contributed by atoms with Gasteiger partial charge in [-0.1, -0.05) is 11.8 Å². The van der Waals surface area contributed by atoms with Crippen LogP contribution in [-0.2, 0) is 14.4 Å². The van der Waals surface area contributed by atoms with Gasteiger partial charge in [0.25, 0.3) is 5.91 Å². The highest BCUT2D eigenvalue weighted by atomic mass is 32.2. The molecule has 11 heteroatoms. The van der Waals surface area contributed by atoms with Crippen LogP contribution < -0.4 is 0 Å². The Labute approximate surface area is 154 Å². The van der Waals surface area contributed by atoms with Crippen molar-refractivity contribution in [3.8, 4) is 0 Å². The summed E-state index contributed by atoms with van der Waals surface area (Å²) in [5.74, 6) is -4.61. The van der Waals surface area contributed by atoms with E-state index in [4.69, 9.17) is 0 Å². The summed E-state index contributed by atoms with van der Waals surface area (Å²) < 4.78 is 38.5. The lowest BCUT2D eigenvalue weighted by Gasteiger charge is -2.49. The number of nitrogens with zero attached hydrogens (tertiary/aromatic N) is 3. The zero-order valence-electron chi connectivity index (χ0n) is 13.5. The van der Waals surface area contributed by atoms with Crippen LogP contribution in [0, 0.1) is 5.92 Å². The van der Waals surface area contributed by atoms with E-state index in [1.807, 2.05) is 0 Å². The fourth-order valence-electron chi connectivity index (χ4n) is 3.90. The van der Waals surface area contributed by atoms with E-state index in [1.165, 1.54) is 12.4 Å². The number of allylic oxidation sites excluding steroid dienone is 1.